The number of hydrogen-bond acceptors (Lipinski definition) is 2. The van der Waals surface area contributed by atoms with Crippen molar-refractivity contribution in [3.63, 3.8) is 0 Å². The highest BCUT2D eigenvalue weighted by Crippen LogP contribution is 2.29. The van der Waals surface area contributed by atoms with Crippen molar-refractivity contribution in [3.8, 4) is 5.75 Å². The molecule has 0 fully saturated rings. The number of ether oxygens (including phenoxy) is 1. The molecule has 102 valence electrons. The van der Waals surface area contributed by atoms with Crippen molar-refractivity contribution in [2.24, 2.45) is 17.1 Å². The van der Waals surface area contributed by atoms with Gasteiger partial charge in [-0.25, -0.2) is 0 Å². The van der Waals surface area contributed by atoms with E-state index in [1.165, 1.54) is 5.56 Å². The van der Waals surface area contributed by atoms with Gasteiger partial charge >= 0.3 is 0 Å². The molecular weight excluding hydrogens is 222 g/mol. The van der Waals surface area contributed by atoms with Crippen LogP contribution in [0.4, 0.5) is 0 Å². The van der Waals surface area contributed by atoms with Crippen LogP contribution in [-0.4, -0.2) is 13.2 Å². The fourth-order valence-electron chi connectivity index (χ4n) is 1.96. The zero-order valence-corrected chi connectivity index (χ0v) is 12.4. The summed E-state index contributed by atoms with van der Waals surface area (Å²) >= 11 is 0. The molecule has 2 nitrogen and oxygen atoms in total. The monoisotopic (exact) mass is 249 g/mol. The lowest BCUT2D eigenvalue weighted by Gasteiger charge is -2.29. The van der Waals surface area contributed by atoms with E-state index in [4.69, 9.17) is 10.5 Å². The van der Waals surface area contributed by atoms with Gasteiger partial charge in [-0.3, -0.25) is 0 Å². The average molecular weight is 249 g/mol. The standard InChI is InChI=1S/C16H27NO/c1-12(16(2,3)4)10-14(17)11-13-6-8-15(18-5)9-7-13/h6-9,12,14H,10-11,17H2,1-5H3. The predicted octanol–water partition coefficient (Wildman–Crippen LogP) is 3.64. The Hall–Kier alpha value is -1.02. The number of rotatable bonds is 5. The van der Waals surface area contributed by atoms with E-state index in [0.717, 1.165) is 18.6 Å². The molecule has 0 heterocycles. The van der Waals surface area contributed by atoms with Gasteiger partial charge in [0.2, 0.25) is 0 Å². The average Bonchev–Trinajstić information content (AvgIpc) is 2.28. The lowest BCUT2D eigenvalue weighted by atomic mass is 9.78. The van der Waals surface area contributed by atoms with Crippen molar-refractivity contribution in [2.45, 2.75) is 46.6 Å². The van der Waals surface area contributed by atoms with Crippen molar-refractivity contribution < 1.29 is 4.74 Å². The Morgan fingerprint density at radius 3 is 2.17 bits per heavy atom. The van der Waals surface area contributed by atoms with Gasteiger partial charge < -0.3 is 10.5 Å². The van der Waals surface area contributed by atoms with E-state index in [1.54, 1.807) is 7.11 Å². The Morgan fingerprint density at radius 2 is 1.72 bits per heavy atom. The molecule has 18 heavy (non-hydrogen) atoms. The van der Waals surface area contributed by atoms with E-state index in [1.807, 2.05) is 12.1 Å². The molecule has 0 bridgehead atoms. The molecule has 2 atom stereocenters. The molecule has 0 saturated carbocycles. The van der Waals surface area contributed by atoms with Crippen LogP contribution in [-0.2, 0) is 6.42 Å². The third kappa shape index (κ3) is 4.69. The Balaban J connectivity index is 2.51. The minimum atomic E-state index is 0.229. The summed E-state index contributed by atoms with van der Waals surface area (Å²) in [6.45, 7) is 9.11. The van der Waals surface area contributed by atoms with Crippen LogP contribution < -0.4 is 10.5 Å². The van der Waals surface area contributed by atoms with Crippen molar-refractivity contribution >= 4 is 0 Å². The molecule has 0 spiro atoms. The van der Waals surface area contributed by atoms with Crippen molar-refractivity contribution in [2.75, 3.05) is 7.11 Å². The van der Waals surface area contributed by atoms with E-state index in [2.05, 4.69) is 39.8 Å². The van der Waals surface area contributed by atoms with Crippen LogP contribution in [0.25, 0.3) is 0 Å². The minimum Gasteiger partial charge on any atom is -0.497 e. The van der Waals surface area contributed by atoms with E-state index >= 15 is 0 Å². The lowest BCUT2D eigenvalue weighted by Crippen LogP contribution is -2.30. The summed E-state index contributed by atoms with van der Waals surface area (Å²) in [7, 11) is 1.69. The summed E-state index contributed by atoms with van der Waals surface area (Å²) in [5.74, 6) is 1.53. The Labute approximate surface area is 112 Å². The molecule has 2 heteroatoms. The molecule has 0 amide bonds. The predicted molar refractivity (Wildman–Crippen MR) is 77.9 cm³/mol. The summed E-state index contributed by atoms with van der Waals surface area (Å²) in [5.41, 5.74) is 7.86. The van der Waals surface area contributed by atoms with Crippen molar-refractivity contribution in [1.82, 2.24) is 0 Å². The fraction of sp³-hybridized carbons (Fsp3) is 0.625. The molecule has 0 aliphatic heterocycles. The normalized spacial score (nSPS) is 15.2. The number of methoxy groups -OCH3 is 1. The van der Waals surface area contributed by atoms with Crippen LogP contribution in [0.1, 0.15) is 39.7 Å². The van der Waals surface area contributed by atoms with E-state index in [-0.39, 0.29) is 6.04 Å². The first-order chi connectivity index (χ1) is 8.32. The second-order valence-corrected chi connectivity index (χ2v) is 6.32. The number of nitrogens with two attached hydrogens (primary N) is 1. The Bertz CT molecular complexity index is 350. The van der Waals surface area contributed by atoms with Crippen LogP contribution in [0, 0.1) is 11.3 Å². The van der Waals surface area contributed by atoms with Crippen LogP contribution >= 0.6 is 0 Å². The highest BCUT2D eigenvalue weighted by Gasteiger charge is 2.22. The highest BCUT2D eigenvalue weighted by atomic mass is 16.5. The molecule has 0 aliphatic carbocycles. The Kier molecular flexibility index (Phi) is 5.21. The molecule has 0 aromatic heterocycles. The van der Waals surface area contributed by atoms with Crippen molar-refractivity contribution in [1.29, 1.82) is 0 Å². The molecule has 0 saturated heterocycles. The van der Waals surface area contributed by atoms with Gasteiger partial charge in [0.25, 0.3) is 0 Å². The van der Waals surface area contributed by atoms with Gasteiger partial charge in [-0.15, -0.1) is 0 Å². The fourth-order valence-corrected chi connectivity index (χ4v) is 1.96. The molecule has 1 rings (SSSR count). The SMILES string of the molecule is COc1ccc(CC(N)CC(C)C(C)(C)C)cc1. The smallest absolute Gasteiger partial charge is 0.118 e. The highest BCUT2D eigenvalue weighted by molar-refractivity contribution is 5.27. The van der Waals surface area contributed by atoms with Gasteiger partial charge in [-0.2, -0.15) is 0 Å². The topological polar surface area (TPSA) is 35.2 Å². The second kappa shape index (κ2) is 6.24. The zero-order valence-electron chi connectivity index (χ0n) is 12.4. The number of hydrogen-bond donors (Lipinski definition) is 1. The van der Waals surface area contributed by atoms with Crippen LogP contribution in [0.3, 0.4) is 0 Å². The summed E-state index contributed by atoms with van der Waals surface area (Å²) in [6, 6.07) is 8.42. The molecule has 2 unspecified atom stereocenters. The summed E-state index contributed by atoms with van der Waals surface area (Å²) < 4.78 is 5.15. The first-order valence-electron chi connectivity index (χ1n) is 6.71. The summed E-state index contributed by atoms with van der Waals surface area (Å²) in [4.78, 5) is 0. The third-order valence-corrected chi connectivity index (χ3v) is 3.79. The number of benzene rings is 1. The summed E-state index contributed by atoms with van der Waals surface area (Å²) in [6.07, 6.45) is 2.00. The lowest BCUT2D eigenvalue weighted by molar-refractivity contribution is 0.233. The first kappa shape index (κ1) is 15.0. The van der Waals surface area contributed by atoms with Gasteiger partial charge in [0.05, 0.1) is 7.11 Å². The van der Waals surface area contributed by atoms with Gasteiger partial charge in [0.1, 0.15) is 5.75 Å². The molecule has 2 N–H and O–H groups in total. The van der Waals surface area contributed by atoms with Gasteiger partial charge in [0.15, 0.2) is 0 Å². The van der Waals surface area contributed by atoms with Crippen LogP contribution in [0.5, 0.6) is 5.75 Å². The van der Waals surface area contributed by atoms with E-state index in [9.17, 15) is 0 Å². The maximum atomic E-state index is 6.24. The summed E-state index contributed by atoms with van der Waals surface area (Å²) in [5, 5.41) is 0. The zero-order chi connectivity index (χ0) is 13.8. The molecular formula is C16H27NO. The van der Waals surface area contributed by atoms with Gasteiger partial charge in [0, 0.05) is 6.04 Å². The maximum Gasteiger partial charge on any atom is 0.118 e. The maximum absolute atomic E-state index is 6.24. The van der Waals surface area contributed by atoms with E-state index in [0.29, 0.717) is 11.3 Å². The molecule has 0 radical (unpaired) electrons. The van der Waals surface area contributed by atoms with Crippen LogP contribution in [0.15, 0.2) is 24.3 Å². The quantitative estimate of drug-likeness (QED) is 0.864. The first-order valence-corrected chi connectivity index (χ1v) is 6.71. The third-order valence-electron chi connectivity index (χ3n) is 3.79. The second-order valence-electron chi connectivity index (χ2n) is 6.32. The van der Waals surface area contributed by atoms with Gasteiger partial charge in [-0.05, 0) is 41.9 Å². The Morgan fingerprint density at radius 1 is 1.17 bits per heavy atom. The molecule has 0 aliphatic rings. The largest absolute Gasteiger partial charge is 0.497 e. The molecule has 1 aromatic rings. The van der Waals surface area contributed by atoms with Crippen molar-refractivity contribution in [3.05, 3.63) is 29.8 Å². The van der Waals surface area contributed by atoms with Gasteiger partial charge in [-0.1, -0.05) is 39.8 Å². The molecule has 1 aromatic carbocycles. The van der Waals surface area contributed by atoms with Crippen LogP contribution in [0.2, 0.25) is 0 Å². The van der Waals surface area contributed by atoms with E-state index < -0.39 is 0 Å². The minimum absolute atomic E-state index is 0.229.